The van der Waals surface area contributed by atoms with Crippen LogP contribution >= 0.6 is 0 Å². The van der Waals surface area contributed by atoms with Gasteiger partial charge in [-0.05, 0) is 12.5 Å². The molecule has 156 valence electrons. The van der Waals surface area contributed by atoms with E-state index in [4.69, 9.17) is 9.47 Å². The summed E-state index contributed by atoms with van der Waals surface area (Å²) in [5, 5.41) is 2.89. The maximum absolute atomic E-state index is 12.6. The first-order chi connectivity index (χ1) is 14.1. The Morgan fingerprint density at radius 3 is 2.38 bits per heavy atom. The topological polar surface area (TPSA) is 91.4 Å². The number of nitrogens with one attached hydrogen (secondary N) is 1. The monoisotopic (exact) mass is 402 g/mol. The van der Waals surface area contributed by atoms with Crippen molar-refractivity contribution in [3.05, 3.63) is 17.7 Å². The third kappa shape index (κ3) is 4.06. The molecule has 3 aliphatic rings. The highest BCUT2D eigenvalue weighted by molar-refractivity contribution is 6.52. The molecule has 9 nitrogen and oxygen atoms in total. The molecule has 29 heavy (non-hydrogen) atoms. The Kier molecular flexibility index (Phi) is 5.68. The van der Waals surface area contributed by atoms with Crippen molar-refractivity contribution in [2.24, 2.45) is 0 Å². The van der Waals surface area contributed by atoms with Gasteiger partial charge in [-0.15, -0.1) is 0 Å². The Bertz CT molecular complexity index is 819. The van der Waals surface area contributed by atoms with Crippen molar-refractivity contribution < 1.29 is 23.9 Å². The standard InChI is InChI=1S/C20H26N4O5/c1-2-3-21-18(25)12-22-4-6-23(7-5-22)13-24-15-11-17-16(28-8-9-29-17)10-14(15)19(26)20(24)27/h10-11H,2-9,12-13H2,1H3,(H,21,25). The van der Waals surface area contributed by atoms with Crippen LogP contribution in [0.25, 0.3) is 0 Å². The molecule has 0 aliphatic carbocycles. The number of piperazine rings is 1. The van der Waals surface area contributed by atoms with E-state index in [1.807, 2.05) is 6.92 Å². The first kappa shape index (κ1) is 19.7. The number of carbonyl (C=O) groups is 3. The first-order valence-electron chi connectivity index (χ1n) is 10.1. The van der Waals surface area contributed by atoms with Gasteiger partial charge in [0, 0.05) is 38.8 Å². The molecule has 3 aliphatic heterocycles. The number of anilines is 1. The van der Waals surface area contributed by atoms with Crippen LogP contribution in [-0.4, -0.2) is 86.5 Å². The summed E-state index contributed by atoms with van der Waals surface area (Å²) in [7, 11) is 0. The lowest BCUT2D eigenvalue weighted by atomic mass is 10.1. The summed E-state index contributed by atoms with van der Waals surface area (Å²) in [6.07, 6.45) is 0.921. The quantitative estimate of drug-likeness (QED) is 0.674. The molecule has 1 fully saturated rings. The smallest absolute Gasteiger partial charge is 0.300 e. The highest BCUT2D eigenvalue weighted by Gasteiger charge is 2.38. The normalized spacial score (nSPS) is 19.4. The van der Waals surface area contributed by atoms with Crippen molar-refractivity contribution in [1.82, 2.24) is 15.1 Å². The SMILES string of the molecule is CCCNC(=O)CN1CCN(CN2C(=O)C(=O)c3cc4c(cc32)OCCO4)CC1. The summed E-state index contributed by atoms with van der Waals surface area (Å²) in [6, 6.07) is 3.33. The predicted molar refractivity (Wildman–Crippen MR) is 105 cm³/mol. The number of hydrogen-bond acceptors (Lipinski definition) is 7. The van der Waals surface area contributed by atoms with Crippen LogP contribution < -0.4 is 19.7 Å². The number of hydrogen-bond donors (Lipinski definition) is 1. The van der Waals surface area contributed by atoms with Gasteiger partial charge in [0.2, 0.25) is 5.91 Å². The third-order valence-electron chi connectivity index (χ3n) is 5.38. The number of amides is 2. The van der Waals surface area contributed by atoms with Crippen molar-refractivity contribution in [2.45, 2.75) is 13.3 Å². The molecule has 0 saturated carbocycles. The van der Waals surface area contributed by atoms with Crippen LogP contribution in [0.4, 0.5) is 5.69 Å². The lowest BCUT2D eigenvalue weighted by Crippen LogP contribution is -2.52. The zero-order valence-electron chi connectivity index (χ0n) is 16.6. The number of carbonyl (C=O) groups excluding carboxylic acids is 3. The van der Waals surface area contributed by atoms with E-state index in [0.29, 0.717) is 55.7 Å². The molecule has 1 N–H and O–H groups in total. The van der Waals surface area contributed by atoms with E-state index >= 15 is 0 Å². The van der Waals surface area contributed by atoms with Gasteiger partial charge in [0.25, 0.3) is 5.78 Å². The van der Waals surface area contributed by atoms with Crippen LogP contribution in [0, 0.1) is 0 Å². The second kappa shape index (κ2) is 8.38. The summed E-state index contributed by atoms with van der Waals surface area (Å²) in [4.78, 5) is 42.6. The maximum atomic E-state index is 12.6. The minimum atomic E-state index is -0.524. The summed E-state index contributed by atoms with van der Waals surface area (Å²) in [5.74, 6) is 0.0758. The molecule has 0 aromatic heterocycles. The largest absolute Gasteiger partial charge is 0.486 e. The van der Waals surface area contributed by atoms with Crippen LogP contribution in [0.2, 0.25) is 0 Å². The van der Waals surface area contributed by atoms with Gasteiger partial charge in [0.15, 0.2) is 11.5 Å². The zero-order chi connectivity index (χ0) is 20.4. The fourth-order valence-corrected chi connectivity index (χ4v) is 3.78. The van der Waals surface area contributed by atoms with Crippen molar-refractivity contribution in [1.29, 1.82) is 0 Å². The number of nitrogens with zero attached hydrogens (tertiary/aromatic N) is 3. The van der Waals surface area contributed by atoms with E-state index in [1.165, 1.54) is 4.90 Å². The Hall–Kier alpha value is -2.65. The number of benzene rings is 1. The van der Waals surface area contributed by atoms with Crippen LogP contribution in [0.1, 0.15) is 23.7 Å². The molecule has 0 spiro atoms. The van der Waals surface area contributed by atoms with Crippen molar-refractivity contribution in [3.8, 4) is 11.5 Å². The number of ether oxygens (including phenoxy) is 2. The van der Waals surface area contributed by atoms with Gasteiger partial charge in [-0.1, -0.05) is 6.92 Å². The maximum Gasteiger partial charge on any atom is 0.300 e. The van der Waals surface area contributed by atoms with Crippen LogP contribution in [0.15, 0.2) is 12.1 Å². The molecule has 4 rings (SSSR count). The number of fused-ring (bicyclic) bond motifs is 2. The van der Waals surface area contributed by atoms with Crippen molar-refractivity contribution >= 4 is 23.3 Å². The summed E-state index contributed by atoms with van der Waals surface area (Å²) >= 11 is 0. The lowest BCUT2D eigenvalue weighted by Gasteiger charge is -2.36. The van der Waals surface area contributed by atoms with E-state index in [2.05, 4.69) is 15.1 Å². The molecular formula is C20H26N4O5. The van der Waals surface area contributed by atoms with Gasteiger partial charge in [-0.2, -0.15) is 0 Å². The van der Waals surface area contributed by atoms with Crippen molar-refractivity contribution in [3.63, 3.8) is 0 Å². The van der Waals surface area contributed by atoms with Gasteiger partial charge < -0.3 is 14.8 Å². The molecule has 0 bridgehead atoms. The first-order valence-corrected chi connectivity index (χ1v) is 10.1. The molecule has 1 saturated heterocycles. The Balaban J connectivity index is 1.38. The van der Waals surface area contributed by atoms with Gasteiger partial charge in [-0.25, -0.2) is 0 Å². The molecule has 3 heterocycles. The fourth-order valence-electron chi connectivity index (χ4n) is 3.78. The summed E-state index contributed by atoms with van der Waals surface area (Å²) in [5.41, 5.74) is 0.941. The van der Waals surface area contributed by atoms with Gasteiger partial charge in [0.05, 0.1) is 24.5 Å². The zero-order valence-corrected chi connectivity index (χ0v) is 16.6. The van der Waals surface area contributed by atoms with E-state index in [0.717, 1.165) is 32.6 Å². The molecule has 0 unspecified atom stereocenters. The number of rotatable bonds is 6. The molecule has 9 heteroatoms. The fraction of sp³-hybridized carbons (Fsp3) is 0.550. The summed E-state index contributed by atoms with van der Waals surface area (Å²) in [6.45, 7) is 7.25. The minimum Gasteiger partial charge on any atom is -0.486 e. The molecule has 0 radical (unpaired) electrons. The highest BCUT2D eigenvalue weighted by atomic mass is 16.6. The van der Waals surface area contributed by atoms with Crippen LogP contribution in [-0.2, 0) is 9.59 Å². The molecule has 1 aromatic rings. The number of ketones is 1. The van der Waals surface area contributed by atoms with E-state index < -0.39 is 11.7 Å². The molecule has 0 atom stereocenters. The van der Waals surface area contributed by atoms with Crippen LogP contribution in [0.5, 0.6) is 11.5 Å². The van der Waals surface area contributed by atoms with Crippen LogP contribution in [0.3, 0.4) is 0 Å². The van der Waals surface area contributed by atoms with E-state index in [1.54, 1.807) is 12.1 Å². The van der Waals surface area contributed by atoms with E-state index in [-0.39, 0.29) is 5.91 Å². The van der Waals surface area contributed by atoms with Gasteiger partial charge in [-0.3, -0.25) is 29.1 Å². The molecule has 2 amide bonds. The average Bonchev–Trinajstić information content (AvgIpc) is 2.96. The Labute approximate surface area is 169 Å². The minimum absolute atomic E-state index is 0.0431. The predicted octanol–water partition coefficient (Wildman–Crippen LogP) is 0.0884. The average molecular weight is 402 g/mol. The molecular weight excluding hydrogens is 376 g/mol. The van der Waals surface area contributed by atoms with Gasteiger partial charge >= 0.3 is 5.91 Å². The number of Topliss-reactive ketones (excluding diaryl/α,β-unsaturated/α-hetero) is 1. The highest BCUT2D eigenvalue weighted by Crippen LogP contribution is 2.40. The molecule has 1 aromatic carbocycles. The van der Waals surface area contributed by atoms with E-state index in [9.17, 15) is 14.4 Å². The second-order valence-electron chi connectivity index (χ2n) is 7.46. The summed E-state index contributed by atoms with van der Waals surface area (Å²) < 4.78 is 11.1. The third-order valence-corrected chi connectivity index (χ3v) is 5.38. The lowest BCUT2D eigenvalue weighted by molar-refractivity contribution is -0.122. The Morgan fingerprint density at radius 1 is 1.03 bits per heavy atom. The van der Waals surface area contributed by atoms with Crippen molar-refractivity contribution in [2.75, 3.05) is 64.1 Å². The second-order valence-corrected chi connectivity index (χ2v) is 7.46. The van der Waals surface area contributed by atoms with Gasteiger partial charge in [0.1, 0.15) is 13.2 Å². The Morgan fingerprint density at radius 2 is 1.69 bits per heavy atom.